The number of nitrogens with zero attached hydrogens (tertiary/aromatic N) is 4. The van der Waals surface area contributed by atoms with Gasteiger partial charge in [-0.15, -0.1) is 28.1 Å². The Hall–Kier alpha value is -3.09. The molecule has 1 aliphatic carbocycles. The highest BCUT2D eigenvalue weighted by Crippen LogP contribution is 2.44. The molecule has 2 aromatic heterocycles. The smallest absolute Gasteiger partial charge is 0.235 e. The molecular weight excluding hydrogens is 526 g/mol. The first-order chi connectivity index (χ1) is 18.6. The molecule has 2 heterocycles. The Bertz CT molecular complexity index is 1360. The van der Waals surface area contributed by atoms with Crippen molar-refractivity contribution >= 4 is 34.0 Å². The zero-order valence-corrected chi connectivity index (χ0v) is 25.0. The van der Waals surface area contributed by atoms with Crippen LogP contribution in [0.5, 0.6) is 5.75 Å². The predicted molar refractivity (Wildman–Crippen MR) is 159 cm³/mol. The molecule has 1 unspecified atom stereocenters. The summed E-state index contributed by atoms with van der Waals surface area (Å²) in [6.07, 6.45) is 4.71. The second-order valence-corrected chi connectivity index (χ2v) is 13.4. The first-order valence-corrected chi connectivity index (χ1v) is 15.2. The van der Waals surface area contributed by atoms with Crippen molar-refractivity contribution in [1.29, 1.82) is 5.26 Å². The van der Waals surface area contributed by atoms with Gasteiger partial charge in [-0.2, -0.15) is 5.26 Å². The molecule has 0 radical (unpaired) electrons. The van der Waals surface area contributed by atoms with E-state index in [0.29, 0.717) is 46.5 Å². The fraction of sp³-hybridized carbons (Fsp3) is 0.467. The van der Waals surface area contributed by atoms with E-state index in [0.717, 1.165) is 36.1 Å². The molecule has 0 aliphatic heterocycles. The number of thiophene rings is 1. The van der Waals surface area contributed by atoms with Crippen molar-refractivity contribution < 1.29 is 9.53 Å². The quantitative estimate of drug-likeness (QED) is 0.211. The second kappa shape index (κ2) is 12.4. The Labute approximate surface area is 239 Å². The standard InChI is InChI=1S/C30H37N5O2S2/c1-7-14-35-27(20-8-11-22(12-9-20)37-17-19(2)3)33-34-29(35)38-18-26(36)32-28-24(16-31)23-13-10-21(30(4,5)6)15-25(23)39-28/h7-9,11-12,19,21H,1,10,13-15,17-18H2,2-6H3,(H,32,36). The zero-order valence-electron chi connectivity index (χ0n) is 23.4. The zero-order chi connectivity index (χ0) is 28.2. The number of fused-ring (bicyclic) bond motifs is 1. The van der Waals surface area contributed by atoms with Crippen LogP contribution in [0.4, 0.5) is 5.00 Å². The van der Waals surface area contributed by atoms with Gasteiger partial charge in [0.25, 0.3) is 0 Å². The molecule has 1 N–H and O–H groups in total. The lowest BCUT2D eigenvalue weighted by Gasteiger charge is -2.33. The largest absolute Gasteiger partial charge is 0.493 e. The number of aromatic nitrogens is 3. The van der Waals surface area contributed by atoms with Gasteiger partial charge in [-0.1, -0.05) is 52.5 Å². The Morgan fingerprint density at radius 1 is 1.33 bits per heavy atom. The van der Waals surface area contributed by atoms with Crippen LogP contribution in [-0.2, 0) is 24.2 Å². The summed E-state index contributed by atoms with van der Waals surface area (Å²) < 4.78 is 7.74. The van der Waals surface area contributed by atoms with E-state index in [2.05, 4.69) is 62.8 Å². The van der Waals surface area contributed by atoms with Gasteiger partial charge < -0.3 is 10.1 Å². The summed E-state index contributed by atoms with van der Waals surface area (Å²) in [4.78, 5) is 14.2. The lowest BCUT2D eigenvalue weighted by molar-refractivity contribution is -0.113. The molecule has 1 aromatic carbocycles. The molecule has 1 amide bonds. The van der Waals surface area contributed by atoms with Gasteiger partial charge >= 0.3 is 0 Å². The summed E-state index contributed by atoms with van der Waals surface area (Å²) in [5.74, 6) is 2.55. The lowest BCUT2D eigenvalue weighted by atomic mass is 9.72. The first kappa shape index (κ1) is 28.9. The van der Waals surface area contributed by atoms with Crippen molar-refractivity contribution in [3.05, 3.63) is 52.9 Å². The Kier molecular flexibility index (Phi) is 9.19. The average Bonchev–Trinajstić information content (AvgIpc) is 3.46. The molecule has 1 aliphatic rings. The van der Waals surface area contributed by atoms with Gasteiger partial charge in [-0.3, -0.25) is 9.36 Å². The highest BCUT2D eigenvalue weighted by atomic mass is 32.2. The van der Waals surface area contributed by atoms with E-state index < -0.39 is 0 Å². The number of thioether (sulfide) groups is 1. The maximum atomic E-state index is 13.0. The maximum absolute atomic E-state index is 13.0. The Morgan fingerprint density at radius 3 is 2.72 bits per heavy atom. The van der Waals surface area contributed by atoms with Crippen molar-refractivity contribution in [2.75, 3.05) is 17.7 Å². The highest BCUT2D eigenvalue weighted by Gasteiger charge is 2.32. The van der Waals surface area contributed by atoms with E-state index in [1.54, 1.807) is 17.4 Å². The van der Waals surface area contributed by atoms with E-state index in [-0.39, 0.29) is 17.1 Å². The summed E-state index contributed by atoms with van der Waals surface area (Å²) in [7, 11) is 0. The van der Waals surface area contributed by atoms with Gasteiger partial charge in [0.15, 0.2) is 11.0 Å². The molecule has 0 bridgehead atoms. The summed E-state index contributed by atoms with van der Waals surface area (Å²) >= 11 is 2.88. The normalized spacial score (nSPS) is 15.1. The SMILES string of the molecule is C=CCn1c(SCC(=O)Nc2sc3c(c2C#N)CCC(C(C)(C)C)C3)nnc1-c1ccc(OCC(C)C)cc1. The van der Waals surface area contributed by atoms with Crippen LogP contribution in [0.1, 0.15) is 57.0 Å². The van der Waals surface area contributed by atoms with Gasteiger partial charge in [0.05, 0.1) is 17.9 Å². The number of hydrogen-bond donors (Lipinski definition) is 1. The molecule has 39 heavy (non-hydrogen) atoms. The molecule has 0 fully saturated rings. The van der Waals surface area contributed by atoms with Gasteiger partial charge in [0.2, 0.25) is 5.91 Å². The number of anilines is 1. The van der Waals surface area contributed by atoms with Crippen LogP contribution in [0.2, 0.25) is 0 Å². The molecule has 7 nitrogen and oxygen atoms in total. The molecule has 0 saturated carbocycles. The summed E-state index contributed by atoms with van der Waals surface area (Å²) in [5, 5.41) is 22.9. The van der Waals surface area contributed by atoms with Crippen molar-refractivity contribution in [3.8, 4) is 23.2 Å². The number of hydrogen-bond acceptors (Lipinski definition) is 7. The Morgan fingerprint density at radius 2 is 2.08 bits per heavy atom. The van der Waals surface area contributed by atoms with E-state index in [4.69, 9.17) is 4.74 Å². The number of rotatable bonds is 10. The maximum Gasteiger partial charge on any atom is 0.235 e. The molecule has 0 saturated heterocycles. The van der Waals surface area contributed by atoms with Crippen molar-refractivity contribution in [3.63, 3.8) is 0 Å². The number of benzene rings is 1. The topological polar surface area (TPSA) is 92.8 Å². The molecular formula is C30H37N5O2S2. The monoisotopic (exact) mass is 563 g/mol. The second-order valence-electron chi connectivity index (χ2n) is 11.4. The number of carbonyl (C=O) groups is 1. The highest BCUT2D eigenvalue weighted by molar-refractivity contribution is 7.99. The summed E-state index contributed by atoms with van der Waals surface area (Å²) in [6.45, 7) is 16.1. The van der Waals surface area contributed by atoms with Crippen LogP contribution >= 0.6 is 23.1 Å². The number of amides is 1. The van der Waals surface area contributed by atoms with Gasteiger partial charge in [0, 0.05) is 17.0 Å². The summed E-state index contributed by atoms with van der Waals surface area (Å²) in [5.41, 5.74) is 2.87. The van der Waals surface area contributed by atoms with Crippen molar-refractivity contribution in [2.24, 2.45) is 17.3 Å². The van der Waals surface area contributed by atoms with Gasteiger partial charge in [-0.05, 0) is 66.3 Å². The fourth-order valence-electron chi connectivity index (χ4n) is 4.69. The number of nitriles is 1. The van der Waals surface area contributed by atoms with Gasteiger partial charge in [-0.25, -0.2) is 0 Å². The third-order valence-corrected chi connectivity index (χ3v) is 9.05. The molecule has 0 spiro atoms. The minimum absolute atomic E-state index is 0.162. The fourth-order valence-corrected chi connectivity index (χ4v) is 6.73. The van der Waals surface area contributed by atoms with E-state index in [1.807, 2.05) is 28.8 Å². The molecule has 4 rings (SSSR count). The molecule has 3 aromatic rings. The minimum atomic E-state index is -0.163. The number of allylic oxidation sites excluding steroid dienone is 1. The van der Waals surface area contributed by atoms with Crippen molar-refractivity contribution in [2.45, 2.75) is 65.6 Å². The third kappa shape index (κ3) is 6.92. The third-order valence-electron chi connectivity index (χ3n) is 6.91. The van der Waals surface area contributed by atoms with Crippen LogP contribution in [0.3, 0.4) is 0 Å². The van der Waals surface area contributed by atoms with Crippen LogP contribution in [0, 0.1) is 28.6 Å². The lowest BCUT2D eigenvalue weighted by Crippen LogP contribution is -2.26. The molecule has 206 valence electrons. The van der Waals surface area contributed by atoms with Gasteiger partial charge in [0.1, 0.15) is 16.8 Å². The summed E-state index contributed by atoms with van der Waals surface area (Å²) in [6, 6.07) is 10.1. The van der Waals surface area contributed by atoms with Crippen molar-refractivity contribution in [1.82, 2.24) is 14.8 Å². The van der Waals surface area contributed by atoms with Crippen LogP contribution in [0.15, 0.2) is 42.1 Å². The predicted octanol–water partition coefficient (Wildman–Crippen LogP) is 6.98. The first-order valence-electron chi connectivity index (χ1n) is 13.3. The average molecular weight is 564 g/mol. The van der Waals surface area contributed by atoms with E-state index in [9.17, 15) is 10.1 Å². The van der Waals surface area contributed by atoms with E-state index >= 15 is 0 Å². The van der Waals surface area contributed by atoms with E-state index in [1.165, 1.54) is 16.6 Å². The molecule has 9 heteroatoms. The van der Waals surface area contributed by atoms with Crippen LogP contribution in [-0.4, -0.2) is 33.0 Å². The van der Waals surface area contributed by atoms with Crippen LogP contribution < -0.4 is 10.1 Å². The number of nitrogens with one attached hydrogen (secondary N) is 1. The molecule has 1 atom stereocenters. The van der Waals surface area contributed by atoms with Crippen LogP contribution in [0.25, 0.3) is 11.4 Å². The number of carbonyl (C=O) groups excluding carboxylic acids is 1. The minimum Gasteiger partial charge on any atom is -0.493 e. The Balaban J connectivity index is 1.44. The number of ether oxygens (including phenoxy) is 1.